The smallest absolute Gasteiger partial charge is 0.341 e. The molecule has 0 aliphatic heterocycles. The van der Waals surface area contributed by atoms with Crippen molar-refractivity contribution in [3.63, 3.8) is 0 Å². The SMILES string of the molecule is Cc1ccc(C(=O)O)c(=O)n1Cc1cc(Cl)ccc1Cl. The fraction of sp³-hybridized carbons (Fsp3) is 0.143. The number of aromatic carboxylic acids is 1. The molecule has 104 valence electrons. The van der Waals surface area contributed by atoms with Crippen molar-refractivity contribution < 1.29 is 9.90 Å². The van der Waals surface area contributed by atoms with E-state index < -0.39 is 11.5 Å². The van der Waals surface area contributed by atoms with Gasteiger partial charge in [0.15, 0.2) is 0 Å². The van der Waals surface area contributed by atoms with E-state index in [0.29, 0.717) is 21.3 Å². The molecule has 1 heterocycles. The zero-order chi connectivity index (χ0) is 14.9. The Bertz CT molecular complexity index is 738. The number of aryl methyl sites for hydroxylation is 1. The van der Waals surface area contributed by atoms with Crippen LogP contribution in [0.3, 0.4) is 0 Å². The average molecular weight is 312 g/mol. The molecule has 0 saturated heterocycles. The van der Waals surface area contributed by atoms with Crippen LogP contribution in [0.25, 0.3) is 0 Å². The zero-order valence-corrected chi connectivity index (χ0v) is 12.1. The van der Waals surface area contributed by atoms with Crippen LogP contribution in [0.4, 0.5) is 0 Å². The van der Waals surface area contributed by atoms with Crippen molar-refractivity contribution in [2.24, 2.45) is 0 Å². The molecule has 1 aromatic heterocycles. The van der Waals surface area contributed by atoms with Gasteiger partial charge in [-0.25, -0.2) is 4.79 Å². The van der Waals surface area contributed by atoms with E-state index in [9.17, 15) is 9.59 Å². The monoisotopic (exact) mass is 311 g/mol. The van der Waals surface area contributed by atoms with Crippen molar-refractivity contribution in [3.05, 3.63) is 67.6 Å². The molecular formula is C14H11Cl2NO3. The number of aromatic nitrogens is 1. The molecule has 0 amide bonds. The second kappa shape index (κ2) is 5.69. The molecule has 0 spiro atoms. The molecule has 2 aromatic rings. The lowest BCUT2D eigenvalue weighted by Crippen LogP contribution is -2.28. The minimum absolute atomic E-state index is 0.172. The van der Waals surface area contributed by atoms with Crippen LogP contribution in [0.15, 0.2) is 35.1 Å². The van der Waals surface area contributed by atoms with E-state index >= 15 is 0 Å². The summed E-state index contributed by atoms with van der Waals surface area (Å²) in [7, 11) is 0. The highest BCUT2D eigenvalue weighted by Gasteiger charge is 2.13. The van der Waals surface area contributed by atoms with Gasteiger partial charge < -0.3 is 9.67 Å². The topological polar surface area (TPSA) is 59.3 Å². The van der Waals surface area contributed by atoms with Gasteiger partial charge >= 0.3 is 5.97 Å². The van der Waals surface area contributed by atoms with Crippen LogP contribution in [0.1, 0.15) is 21.6 Å². The van der Waals surface area contributed by atoms with Crippen LogP contribution in [0.2, 0.25) is 10.0 Å². The first-order valence-corrected chi connectivity index (χ1v) is 6.53. The molecule has 2 rings (SSSR count). The number of carboxylic acids is 1. The molecular weight excluding hydrogens is 301 g/mol. The zero-order valence-electron chi connectivity index (χ0n) is 10.6. The van der Waals surface area contributed by atoms with Gasteiger partial charge in [0.1, 0.15) is 5.56 Å². The Kier molecular flexibility index (Phi) is 4.16. The fourth-order valence-corrected chi connectivity index (χ4v) is 2.24. The van der Waals surface area contributed by atoms with Crippen LogP contribution in [0, 0.1) is 6.92 Å². The lowest BCUT2D eigenvalue weighted by molar-refractivity contribution is 0.0694. The molecule has 0 saturated carbocycles. The van der Waals surface area contributed by atoms with E-state index in [0.717, 1.165) is 0 Å². The van der Waals surface area contributed by atoms with Crippen molar-refractivity contribution in [2.45, 2.75) is 13.5 Å². The average Bonchev–Trinajstić information content (AvgIpc) is 2.38. The summed E-state index contributed by atoms with van der Waals surface area (Å²) in [6, 6.07) is 7.83. The van der Waals surface area contributed by atoms with Crippen LogP contribution >= 0.6 is 23.2 Å². The lowest BCUT2D eigenvalue weighted by Gasteiger charge is -2.12. The normalized spacial score (nSPS) is 10.6. The summed E-state index contributed by atoms with van der Waals surface area (Å²) in [5.74, 6) is -1.25. The van der Waals surface area contributed by atoms with E-state index in [4.69, 9.17) is 28.3 Å². The third-order valence-corrected chi connectivity index (χ3v) is 3.56. The van der Waals surface area contributed by atoms with E-state index in [2.05, 4.69) is 0 Å². The number of halogens is 2. The number of rotatable bonds is 3. The van der Waals surface area contributed by atoms with Crippen LogP contribution in [-0.2, 0) is 6.54 Å². The van der Waals surface area contributed by atoms with Crippen molar-refractivity contribution in [2.75, 3.05) is 0 Å². The molecule has 6 heteroatoms. The number of hydrogen-bond donors (Lipinski definition) is 1. The third-order valence-electron chi connectivity index (χ3n) is 2.96. The van der Waals surface area contributed by atoms with Gasteiger partial charge in [-0.2, -0.15) is 0 Å². The van der Waals surface area contributed by atoms with Gasteiger partial charge in [0.2, 0.25) is 0 Å². The Hall–Kier alpha value is -1.78. The third kappa shape index (κ3) is 2.86. The first-order valence-electron chi connectivity index (χ1n) is 5.78. The molecule has 0 aliphatic rings. The Morgan fingerprint density at radius 3 is 2.60 bits per heavy atom. The minimum Gasteiger partial charge on any atom is -0.477 e. The quantitative estimate of drug-likeness (QED) is 0.947. The standard InChI is InChI=1S/C14H11Cl2NO3/c1-8-2-4-11(14(19)20)13(18)17(8)7-9-6-10(15)3-5-12(9)16/h2-6H,7H2,1H3,(H,19,20). The number of hydrogen-bond acceptors (Lipinski definition) is 2. The van der Waals surface area contributed by atoms with Gasteiger partial charge in [-0.1, -0.05) is 23.2 Å². The number of benzene rings is 1. The van der Waals surface area contributed by atoms with E-state index in [1.165, 1.54) is 10.6 Å². The maximum Gasteiger partial charge on any atom is 0.341 e. The molecule has 0 fully saturated rings. The second-order valence-electron chi connectivity index (χ2n) is 4.32. The second-order valence-corrected chi connectivity index (χ2v) is 5.16. The van der Waals surface area contributed by atoms with Gasteiger partial charge in [-0.3, -0.25) is 4.79 Å². The molecule has 1 aromatic carbocycles. The molecule has 20 heavy (non-hydrogen) atoms. The summed E-state index contributed by atoms with van der Waals surface area (Å²) < 4.78 is 1.36. The summed E-state index contributed by atoms with van der Waals surface area (Å²) in [5, 5.41) is 9.96. The van der Waals surface area contributed by atoms with Gasteiger partial charge in [0.25, 0.3) is 5.56 Å². The Labute approximate surface area is 125 Å². The van der Waals surface area contributed by atoms with Gasteiger partial charge in [0.05, 0.1) is 6.54 Å². The number of pyridine rings is 1. The van der Waals surface area contributed by atoms with Crippen molar-refractivity contribution in [1.82, 2.24) is 4.57 Å². The summed E-state index contributed by atoms with van der Waals surface area (Å²) in [6.07, 6.45) is 0. The largest absolute Gasteiger partial charge is 0.477 e. The maximum atomic E-state index is 12.1. The van der Waals surface area contributed by atoms with Gasteiger partial charge in [0, 0.05) is 15.7 Å². The number of nitrogens with zero attached hydrogens (tertiary/aromatic N) is 1. The Morgan fingerprint density at radius 2 is 1.95 bits per heavy atom. The molecule has 1 N–H and O–H groups in total. The first kappa shape index (κ1) is 14.6. The predicted molar refractivity (Wildman–Crippen MR) is 78.0 cm³/mol. The summed E-state index contributed by atoms with van der Waals surface area (Å²) in [6.45, 7) is 1.90. The first-order chi connectivity index (χ1) is 9.40. The Balaban J connectivity index is 2.53. The van der Waals surface area contributed by atoms with E-state index in [1.807, 2.05) is 0 Å². The highest BCUT2D eigenvalue weighted by Crippen LogP contribution is 2.21. The molecule has 0 radical (unpaired) electrons. The van der Waals surface area contributed by atoms with Crippen LogP contribution in [0.5, 0.6) is 0 Å². The predicted octanol–water partition coefficient (Wildman–Crippen LogP) is 3.21. The van der Waals surface area contributed by atoms with Crippen molar-refractivity contribution in [3.8, 4) is 0 Å². The van der Waals surface area contributed by atoms with Crippen LogP contribution in [-0.4, -0.2) is 15.6 Å². The van der Waals surface area contributed by atoms with Crippen molar-refractivity contribution in [1.29, 1.82) is 0 Å². The highest BCUT2D eigenvalue weighted by molar-refractivity contribution is 6.33. The minimum atomic E-state index is -1.25. The molecule has 0 atom stereocenters. The van der Waals surface area contributed by atoms with E-state index in [-0.39, 0.29) is 12.1 Å². The lowest BCUT2D eigenvalue weighted by atomic mass is 10.2. The fourth-order valence-electron chi connectivity index (χ4n) is 1.86. The number of carboxylic acid groups (broad SMARTS) is 1. The van der Waals surface area contributed by atoms with Gasteiger partial charge in [-0.05, 0) is 42.8 Å². The van der Waals surface area contributed by atoms with Crippen molar-refractivity contribution >= 4 is 29.2 Å². The molecule has 0 aliphatic carbocycles. The summed E-state index contributed by atoms with van der Waals surface area (Å²) in [5.41, 5.74) is 0.477. The maximum absolute atomic E-state index is 12.1. The molecule has 4 nitrogen and oxygen atoms in total. The summed E-state index contributed by atoms with van der Waals surface area (Å²) >= 11 is 12.0. The number of carbonyl (C=O) groups is 1. The molecule has 0 bridgehead atoms. The Morgan fingerprint density at radius 1 is 1.25 bits per heavy atom. The summed E-state index contributed by atoms with van der Waals surface area (Å²) in [4.78, 5) is 23.1. The van der Waals surface area contributed by atoms with Gasteiger partial charge in [-0.15, -0.1) is 0 Å². The highest BCUT2D eigenvalue weighted by atomic mass is 35.5. The van der Waals surface area contributed by atoms with E-state index in [1.54, 1.807) is 31.2 Å². The van der Waals surface area contributed by atoms with Crippen LogP contribution < -0.4 is 5.56 Å². The molecule has 0 unspecified atom stereocenters.